The van der Waals surface area contributed by atoms with Gasteiger partial charge in [0.1, 0.15) is 0 Å². The van der Waals surface area contributed by atoms with E-state index in [0.29, 0.717) is 6.54 Å². The highest BCUT2D eigenvalue weighted by Gasteiger charge is 2.09. The highest BCUT2D eigenvalue weighted by molar-refractivity contribution is 8.13. The van der Waals surface area contributed by atoms with Crippen LogP contribution in [0.15, 0.2) is 29.2 Å². The molecule has 0 radical (unpaired) electrons. The van der Waals surface area contributed by atoms with E-state index in [1.165, 1.54) is 6.07 Å². The maximum Gasteiger partial charge on any atom is 0.261 e. The van der Waals surface area contributed by atoms with Crippen LogP contribution < -0.4 is 0 Å². The molecule has 78 valence electrons. The Morgan fingerprint density at radius 3 is 2.50 bits per heavy atom. The smallest absolute Gasteiger partial charge is 0.261 e. The quantitative estimate of drug-likeness (QED) is 0.746. The molecule has 0 atom stereocenters. The monoisotopic (exact) mass is 233 g/mol. The summed E-state index contributed by atoms with van der Waals surface area (Å²) in [4.78, 5) is 2.11. The molecule has 14 heavy (non-hydrogen) atoms. The van der Waals surface area contributed by atoms with Gasteiger partial charge in [-0.1, -0.05) is 12.1 Å². The van der Waals surface area contributed by atoms with Crippen LogP contribution in [0.3, 0.4) is 0 Å². The Kier molecular flexibility index (Phi) is 3.53. The summed E-state index contributed by atoms with van der Waals surface area (Å²) in [6, 6.07) is 6.63. The number of rotatable bonds is 3. The van der Waals surface area contributed by atoms with Gasteiger partial charge < -0.3 is 4.90 Å². The van der Waals surface area contributed by atoms with E-state index in [1.807, 2.05) is 25.1 Å². The van der Waals surface area contributed by atoms with Gasteiger partial charge in [-0.15, -0.1) is 0 Å². The van der Waals surface area contributed by atoms with Crippen molar-refractivity contribution < 1.29 is 8.42 Å². The number of benzene rings is 1. The second kappa shape index (κ2) is 4.29. The van der Waals surface area contributed by atoms with Crippen molar-refractivity contribution >= 4 is 19.7 Å². The van der Waals surface area contributed by atoms with Gasteiger partial charge in [0.25, 0.3) is 9.05 Å². The molecule has 0 saturated carbocycles. The van der Waals surface area contributed by atoms with E-state index < -0.39 is 9.05 Å². The number of hydrogen-bond donors (Lipinski definition) is 0. The molecule has 0 aromatic heterocycles. The second-order valence-electron chi connectivity index (χ2n) is 3.32. The van der Waals surface area contributed by atoms with Crippen molar-refractivity contribution in [2.45, 2.75) is 11.4 Å². The summed E-state index contributed by atoms with van der Waals surface area (Å²) < 4.78 is 22.0. The molecule has 0 aliphatic carbocycles. The maximum atomic E-state index is 11.0. The van der Waals surface area contributed by atoms with Gasteiger partial charge >= 0.3 is 0 Å². The molecule has 0 saturated heterocycles. The van der Waals surface area contributed by atoms with E-state index in [-0.39, 0.29) is 4.90 Å². The first-order chi connectivity index (χ1) is 6.39. The van der Waals surface area contributed by atoms with E-state index in [2.05, 4.69) is 0 Å². The third kappa shape index (κ3) is 3.29. The molecule has 0 N–H and O–H groups in total. The van der Waals surface area contributed by atoms with E-state index in [4.69, 9.17) is 10.7 Å². The van der Waals surface area contributed by atoms with Crippen molar-refractivity contribution in [3.8, 4) is 0 Å². The first-order valence-corrected chi connectivity index (χ1v) is 6.39. The second-order valence-corrected chi connectivity index (χ2v) is 5.89. The molecule has 0 aliphatic heterocycles. The van der Waals surface area contributed by atoms with E-state index >= 15 is 0 Å². The Morgan fingerprint density at radius 2 is 2.00 bits per heavy atom. The Morgan fingerprint density at radius 1 is 1.36 bits per heavy atom. The van der Waals surface area contributed by atoms with Crippen LogP contribution in [0.25, 0.3) is 0 Å². The lowest BCUT2D eigenvalue weighted by Crippen LogP contribution is -2.10. The molecule has 1 rings (SSSR count). The van der Waals surface area contributed by atoms with E-state index in [1.54, 1.807) is 12.1 Å². The molecule has 3 nitrogen and oxygen atoms in total. The Hall–Kier alpha value is -0.580. The summed E-state index contributed by atoms with van der Waals surface area (Å²) in [7, 11) is 5.46. The fourth-order valence-electron chi connectivity index (χ4n) is 1.16. The fourth-order valence-corrected chi connectivity index (χ4v) is 1.98. The van der Waals surface area contributed by atoms with Crippen molar-refractivity contribution in [3.05, 3.63) is 29.8 Å². The number of hydrogen-bond acceptors (Lipinski definition) is 3. The predicted octanol–water partition coefficient (Wildman–Crippen LogP) is 1.68. The highest BCUT2D eigenvalue weighted by atomic mass is 35.7. The minimum absolute atomic E-state index is 0.151. The summed E-state index contributed by atoms with van der Waals surface area (Å²) in [5.74, 6) is 0. The largest absolute Gasteiger partial charge is 0.305 e. The average molecular weight is 234 g/mol. The van der Waals surface area contributed by atoms with Crippen molar-refractivity contribution in [2.75, 3.05) is 14.1 Å². The molecule has 0 amide bonds. The van der Waals surface area contributed by atoms with Crippen molar-refractivity contribution in [1.82, 2.24) is 4.90 Å². The minimum atomic E-state index is -3.61. The number of halogens is 1. The minimum Gasteiger partial charge on any atom is -0.305 e. The van der Waals surface area contributed by atoms with Gasteiger partial charge in [0.2, 0.25) is 0 Å². The highest BCUT2D eigenvalue weighted by Crippen LogP contribution is 2.16. The molecular formula is C9H12ClNO2S. The van der Waals surface area contributed by atoms with Gasteiger partial charge in [0, 0.05) is 17.2 Å². The topological polar surface area (TPSA) is 37.4 Å². The van der Waals surface area contributed by atoms with Gasteiger partial charge in [0.05, 0.1) is 4.90 Å². The van der Waals surface area contributed by atoms with Crippen molar-refractivity contribution in [3.63, 3.8) is 0 Å². The Balaban J connectivity index is 3.02. The van der Waals surface area contributed by atoms with Crippen LogP contribution in [0.2, 0.25) is 0 Å². The van der Waals surface area contributed by atoms with Gasteiger partial charge in [-0.2, -0.15) is 0 Å². The van der Waals surface area contributed by atoms with E-state index in [0.717, 1.165) is 5.56 Å². The SMILES string of the molecule is CN(C)Cc1cccc(S(=O)(=O)Cl)c1. The zero-order chi connectivity index (χ0) is 10.8. The van der Waals surface area contributed by atoms with Gasteiger partial charge in [-0.3, -0.25) is 0 Å². The zero-order valence-corrected chi connectivity index (χ0v) is 9.64. The standard InChI is InChI=1S/C9H12ClNO2S/c1-11(2)7-8-4-3-5-9(6-8)14(10,12)13/h3-6H,7H2,1-2H3. The van der Waals surface area contributed by atoms with Gasteiger partial charge in [-0.25, -0.2) is 8.42 Å². The molecule has 0 bridgehead atoms. The van der Waals surface area contributed by atoms with Crippen molar-refractivity contribution in [1.29, 1.82) is 0 Å². The van der Waals surface area contributed by atoms with Gasteiger partial charge in [-0.05, 0) is 31.8 Å². The molecule has 0 heterocycles. The van der Waals surface area contributed by atoms with E-state index in [9.17, 15) is 8.42 Å². The lowest BCUT2D eigenvalue weighted by atomic mass is 10.2. The normalized spacial score (nSPS) is 12.0. The molecule has 1 aromatic rings. The summed E-state index contributed by atoms with van der Waals surface area (Å²) in [5.41, 5.74) is 0.928. The molecule has 0 fully saturated rings. The predicted molar refractivity (Wildman–Crippen MR) is 56.9 cm³/mol. The van der Waals surface area contributed by atoms with Crippen LogP contribution in [-0.2, 0) is 15.6 Å². The molecular weight excluding hydrogens is 222 g/mol. The first-order valence-electron chi connectivity index (χ1n) is 4.08. The fraction of sp³-hybridized carbons (Fsp3) is 0.333. The molecule has 5 heteroatoms. The molecule has 1 aromatic carbocycles. The maximum absolute atomic E-state index is 11.0. The van der Waals surface area contributed by atoms with Crippen LogP contribution in [0.4, 0.5) is 0 Å². The van der Waals surface area contributed by atoms with Crippen LogP contribution in [-0.4, -0.2) is 27.4 Å². The summed E-state index contributed by atoms with van der Waals surface area (Å²) in [6.45, 7) is 0.695. The van der Waals surface area contributed by atoms with Gasteiger partial charge in [0.15, 0.2) is 0 Å². The lowest BCUT2D eigenvalue weighted by molar-refractivity contribution is 0.402. The lowest BCUT2D eigenvalue weighted by Gasteiger charge is -2.09. The molecule has 0 spiro atoms. The first kappa shape index (κ1) is 11.5. The van der Waals surface area contributed by atoms with Crippen LogP contribution in [0.5, 0.6) is 0 Å². The third-order valence-electron chi connectivity index (χ3n) is 1.68. The number of nitrogens with zero attached hydrogens (tertiary/aromatic N) is 1. The summed E-state index contributed by atoms with van der Waals surface area (Å²) >= 11 is 0. The molecule has 0 unspecified atom stereocenters. The Labute approximate surface area is 88.7 Å². The average Bonchev–Trinajstić information content (AvgIpc) is 2.01. The Bertz CT molecular complexity index is 415. The van der Waals surface area contributed by atoms with Crippen LogP contribution >= 0.6 is 10.7 Å². The zero-order valence-electron chi connectivity index (χ0n) is 8.07. The van der Waals surface area contributed by atoms with Crippen LogP contribution in [0.1, 0.15) is 5.56 Å². The summed E-state index contributed by atoms with van der Waals surface area (Å²) in [6.07, 6.45) is 0. The van der Waals surface area contributed by atoms with Crippen molar-refractivity contribution in [2.24, 2.45) is 0 Å². The third-order valence-corrected chi connectivity index (χ3v) is 3.03. The summed E-state index contributed by atoms with van der Waals surface area (Å²) in [5, 5.41) is 0. The molecule has 0 aliphatic rings. The van der Waals surface area contributed by atoms with Crippen LogP contribution in [0, 0.1) is 0 Å².